The van der Waals surface area contributed by atoms with Gasteiger partial charge in [0.25, 0.3) is 11.5 Å². The molecule has 13 heteroatoms. The van der Waals surface area contributed by atoms with Crippen LogP contribution in [-0.2, 0) is 19.4 Å². The topological polar surface area (TPSA) is 148 Å². The van der Waals surface area contributed by atoms with Crippen molar-refractivity contribution in [2.75, 3.05) is 4.90 Å². The van der Waals surface area contributed by atoms with Gasteiger partial charge in [-0.1, -0.05) is 53.3 Å². The number of anilines is 1. The number of hydrogen-bond donors (Lipinski definition) is 1. The number of Topliss-reactive ketones (excluding diaryl/α,β-unsaturated/α-hetero) is 1. The standard InChI is InChI=1S/C27H18FN3O7S2/c1-15-2-4-17(5-3-15)24(32)22-23(16-6-8-18(28)9-7-16)30(26(34)25(22)33)27-29-14-21(39-27)40(37,38)20-12-10-19(11-13-20)31(35)36/h2-14,23,32H,1H3/b24-22-. The van der Waals surface area contributed by atoms with Crippen LogP contribution in [0.15, 0.2) is 93.7 Å². The zero-order valence-electron chi connectivity index (χ0n) is 20.5. The van der Waals surface area contributed by atoms with Gasteiger partial charge in [0.1, 0.15) is 15.8 Å². The number of ketones is 1. The van der Waals surface area contributed by atoms with E-state index in [1.165, 1.54) is 12.1 Å². The highest BCUT2D eigenvalue weighted by molar-refractivity contribution is 7.93. The molecule has 202 valence electrons. The van der Waals surface area contributed by atoms with E-state index in [1.54, 1.807) is 24.3 Å². The molecule has 2 heterocycles. The molecule has 0 bridgehead atoms. The summed E-state index contributed by atoms with van der Waals surface area (Å²) in [7, 11) is -4.19. The smallest absolute Gasteiger partial charge is 0.301 e. The summed E-state index contributed by atoms with van der Waals surface area (Å²) in [6.07, 6.45) is 1.01. The maximum Gasteiger partial charge on any atom is 0.301 e. The number of aryl methyl sites for hydroxylation is 1. The predicted molar refractivity (Wildman–Crippen MR) is 143 cm³/mol. The Morgan fingerprint density at radius 2 is 1.65 bits per heavy atom. The lowest BCUT2D eigenvalue weighted by atomic mass is 9.95. The van der Waals surface area contributed by atoms with E-state index in [2.05, 4.69) is 4.98 Å². The zero-order valence-corrected chi connectivity index (χ0v) is 22.1. The summed E-state index contributed by atoms with van der Waals surface area (Å²) < 4.78 is 39.9. The summed E-state index contributed by atoms with van der Waals surface area (Å²) in [6, 6.07) is 14.6. The van der Waals surface area contributed by atoms with Crippen molar-refractivity contribution in [1.29, 1.82) is 0 Å². The van der Waals surface area contributed by atoms with Crippen molar-refractivity contribution in [3.8, 4) is 0 Å². The number of rotatable bonds is 6. The first kappa shape index (κ1) is 26.8. The van der Waals surface area contributed by atoms with Crippen molar-refractivity contribution in [2.24, 2.45) is 0 Å². The summed E-state index contributed by atoms with van der Waals surface area (Å²) in [5, 5.41) is 21.9. The van der Waals surface area contributed by atoms with E-state index in [1.807, 2.05) is 6.92 Å². The van der Waals surface area contributed by atoms with Gasteiger partial charge < -0.3 is 5.11 Å². The second kappa shape index (κ2) is 10.1. The molecule has 1 N–H and O–H groups in total. The van der Waals surface area contributed by atoms with Crippen LogP contribution < -0.4 is 4.90 Å². The van der Waals surface area contributed by atoms with Crippen LogP contribution in [0.2, 0.25) is 0 Å². The van der Waals surface area contributed by atoms with Crippen LogP contribution in [0.4, 0.5) is 15.2 Å². The van der Waals surface area contributed by atoms with Gasteiger partial charge in [-0.25, -0.2) is 17.8 Å². The SMILES string of the molecule is Cc1ccc(/C(O)=C2/C(=O)C(=O)N(c3ncc(S(=O)(=O)c4ccc([N+](=O)[O-])cc4)s3)C2c2ccc(F)cc2)cc1. The average Bonchev–Trinajstić information content (AvgIpc) is 3.53. The molecular weight excluding hydrogens is 561 g/mol. The lowest BCUT2D eigenvalue weighted by molar-refractivity contribution is -0.384. The third kappa shape index (κ3) is 4.65. The third-order valence-electron chi connectivity index (χ3n) is 6.26. The fraction of sp³-hybridized carbons (Fsp3) is 0.0741. The van der Waals surface area contributed by atoms with E-state index in [4.69, 9.17) is 0 Å². The molecule has 1 amide bonds. The first-order chi connectivity index (χ1) is 19.0. The number of non-ortho nitro benzene ring substituents is 1. The number of nitrogens with zero attached hydrogens (tertiary/aromatic N) is 3. The molecule has 1 aromatic heterocycles. The van der Waals surface area contributed by atoms with Crippen molar-refractivity contribution in [1.82, 2.24) is 4.98 Å². The highest BCUT2D eigenvalue weighted by Crippen LogP contribution is 2.44. The first-order valence-corrected chi connectivity index (χ1v) is 13.9. The van der Waals surface area contributed by atoms with E-state index in [0.29, 0.717) is 11.3 Å². The normalized spacial score (nSPS) is 16.9. The Balaban J connectivity index is 1.62. The van der Waals surface area contributed by atoms with Gasteiger partial charge in [-0.3, -0.25) is 24.6 Å². The fourth-order valence-corrected chi connectivity index (χ4v) is 6.75. The van der Waals surface area contributed by atoms with E-state index in [-0.39, 0.29) is 36.6 Å². The van der Waals surface area contributed by atoms with E-state index in [0.717, 1.165) is 53.1 Å². The van der Waals surface area contributed by atoms with Crippen molar-refractivity contribution in [3.05, 3.63) is 117 Å². The highest BCUT2D eigenvalue weighted by atomic mass is 32.2. The molecule has 10 nitrogen and oxygen atoms in total. The molecule has 0 saturated carbocycles. The summed E-state index contributed by atoms with van der Waals surface area (Å²) >= 11 is 0.603. The molecule has 1 unspecified atom stereocenters. The maximum atomic E-state index is 13.7. The molecule has 1 aliphatic heterocycles. The Labute approximate surface area is 230 Å². The van der Waals surface area contributed by atoms with Gasteiger partial charge in [0, 0.05) is 17.7 Å². The number of nitro groups is 1. The minimum Gasteiger partial charge on any atom is -0.507 e. The number of aromatic nitrogens is 1. The number of aliphatic hydroxyl groups excluding tert-OH is 1. The molecule has 0 radical (unpaired) electrons. The number of thiazole rings is 1. The maximum absolute atomic E-state index is 13.7. The molecule has 40 heavy (non-hydrogen) atoms. The van der Waals surface area contributed by atoms with Gasteiger partial charge in [0.15, 0.2) is 5.13 Å². The minimum atomic E-state index is -4.19. The van der Waals surface area contributed by atoms with E-state index < -0.39 is 44.1 Å². The summed E-state index contributed by atoms with van der Waals surface area (Å²) in [6.45, 7) is 1.84. The third-order valence-corrected chi connectivity index (χ3v) is 9.48. The highest BCUT2D eigenvalue weighted by Gasteiger charge is 2.48. The van der Waals surface area contributed by atoms with Crippen LogP contribution >= 0.6 is 11.3 Å². The largest absolute Gasteiger partial charge is 0.507 e. The van der Waals surface area contributed by atoms with Crippen LogP contribution in [0.25, 0.3) is 5.76 Å². The first-order valence-electron chi connectivity index (χ1n) is 11.6. The van der Waals surface area contributed by atoms with Gasteiger partial charge in [0.2, 0.25) is 9.84 Å². The van der Waals surface area contributed by atoms with Gasteiger partial charge >= 0.3 is 5.91 Å². The number of sulfone groups is 1. The molecule has 0 spiro atoms. The van der Waals surface area contributed by atoms with Gasteiger partial charge in [-0.2, -0.15) is 0 Å². The molecule has 1 atom stereocenters. The van der Waals surface area contributed by atoms with Crippen LogP contribution in [0.3, 0.4) is 0 Å². The van der Waals surface area contributed by atoms with Crippen LogP contribution in [0.5, 0.6) is 0 Å². The van der Waals surface area contributed by atoms with Crippen molar-refractivity contribution < 1.29 is 32.4 Å². The molecule has 4 aromatic rings. The number of halogens is 1. The molecule has 0 aliphatic carbocycles. The quantitative estimate of drug-likeness (QED) is 0.111. The van der Waals surface area contributed by atoms with Crippen LogP contribution in [0, 0.1) is 22.9 Å². The van der Waals surface area contributed by atoms with Crippen molar-refractivity contribution in [2.45, 2.75) is 22.1 Å². The number of carbonyl (C=O) groups excluding carboxylic acids is 2. The zero-order chi connectivity index (χ0) is 28.8. The number of hydrogen-bond acceptors (Lipinski definition) is 9. The summed E-state index contributed by atoms with van der Waals surface area (Å²) in [5.41, 5.74) is 0.896. The Hall–Kier alpha value is -4.75. The molecule has 3 aromatic carbocycles. The molecular formula is C27H18FN3O7S2. The monoisotopic (exact) mass is 579 g/mol. The Kier molecular flexibility index (Phi) is 6.77. The predicted octanol–water partition coefficient (Wildman–Crippen LogP) is 4.96. The van der Waals surface area contributed by atoms with Crippen LogP contribution in [0.1, 0.15) is 22.7 Å². The Morgan fingerprint density at radius 3 is 2.25 bits per heavy atom. The summed E-state index contributed by atoms with van der Waals surface area (Å²) in [4.78, 5) is 41.6. The fourth-order valence-electron chi connectivity index (χ4n) is 4.21. The number of amides is 1. The molecule has 1 saturated heterocycles. The van der Waals surface area contributed by atoms with Crippen molar-refractivity contribution in [3.63, 3.8) is 0 Å². The Bertz CT molecular complexity index is 1800. The number of nitro benzene ring substituents is 1. The Morgan fingerprint density at radius 1 is 1.02 bits per heavy atom. The van der Waals surface area contributed by atoms with Gasteiger partial charge in [-0.05, 0) is 36.8 Å². The van der Waals surface area contributed by atoms with Crippen molar-refractivity contribution >= 4 is 49.4 Å². The lowest BCUT2D eigenvalue weighted by Gasteiger charge is -2.23. The number of aliphatic hydroxyl groups is 1. The summed E-state index contributed by atoms with van der Waals surface area (Å²) in [5.74, 6) is -3.10. The van der Waals surface area contributed by atoms with E-state index >= 15 is 0 Å². The number of carbonyl (C=O) groups is 2. The molecule has 1 aliphatic rings. The van der Waals surface area contributed by atoms with E-state index in [9.17, 15) is 37.6 Å². The van der Waals surface area contributed by atoms with Crippen LogP contribution in [-0.4, -0.2) is 35.1 Å². The van der Waals surface area contributed by atoms with Gasteiger partial charge in [-0.15, -0.1) is 0 Å². The molecule has 5 rings (SSSR count). The van der Waals surface area contributed by atoms with Gasteiger partial charge in [0.05, 0.1) is 27.6 Å². The second-order valence-corrected chi connectivity index (χ2v) is 12.0. The lowest BCUT2D eigenvalue weighted by Crippen LogP contribution is -2.29. The molecule has 1 fully saturated rings. The average molecular weight is 580 g/mol. The number of benzene rings is 3. The minimum absolute atomic E-state index is 0.153. The second-order valence-electron chi connectivity index (χ2n) is 8.80.